The summed E-state index contributed by atoms with van der Waals surface area (Å²) in [5, 5.41) is 13.1. The molecule has 2 heterocycles. The third-order valence-corrected chi connectivity index (χ3v) is 4.99. The van der Waals surface area contributed by atoms with E-state index in [-0.39, 0.29) is 34.7 Å². The van der Waals surface area contributed by atoms with Gasteiger partial charge in [-0.25, -0.2) is 0 Å². The largest absolute Gasteiger partial charge is 0.433 e. The lowest BCUT2D eigenvalue weighted by molar-refractivity contribution is -0.402. The Morgan fingerprint density at radius 2 is 2.08 bits per heavy atom. The molecular formula is C14H15N3O6S. The minimum atomic E-state index is -0.723. The molecule has 3 amide bonds. The first-order valence-corrected chi connectivity index (χ1v) is 8.50. The zero-order chi connectivity index (χ0) is 17.3. The zero-order valence-corrected chi connectivity index (χ0v) is 13.4. The van der Waals surface area contributed by atoms with E-state index in [1.165, 1.54) is 11.0 Å². The number of thioether (sulfide) groups is 1. The molecule has 1 aliphatic carbocycles. The van der Waals surface area contributed by atoms with E-state index in [4.69, 9.17) is 4.42 Å². The molecular weight excluding hydrogens is 338 g/mol. The number of hydrogen-bond donors (Lipinski definition) is 1. The maximum absolute atomic E-state index is 12.3. The van der Waals surface area contributed by atoms with Crippen molar-refractivity contribution in [3.8, 4) is 0 Å². The van der Waals surface area contributed by atoms with Gasteiger partial charge in [0.1, 0.15) is 4.92 Å². The standard InChI is InChI=1S/C14H15N3O6S/c18-11-7-24-14(20)16(11)9-4-2-1-3-8(9)15-13(19)10-5-6-12(23-10)17(21)22/h5-6,8-9H,1-4,7H2,(H,15,19)/t8-,9+/m1/s1. The van der Waals surface area contributed by atoms with Crippen molar-refractivity contribution in [2.24, 2.45) is 0 Å². The summed E-state index contributed by atoms with van der Waals surface area (Å²) in [7, 11) is 0. The summed E-state index contributed by atoms with van der Waals surface area (Å²) in [6, 6.07) is 1.56. The fraction of sp³-hybridized carbons (Fsp3) is 0.500. The number of hydrogen-bond acceptors (Lipinski definition) is 7. The molecule has 1 N–H and O–H groups in total. The van der Waals surface area contributed by atoms with Gasteiger partial charge in [-0.2, -0.15) is 0 Å². The third-order valence-electron chi connectivity index (χ3n) is 4.16. The molecule has 2 fully saturated rings. The Balaban J connectivity index is 1.73. The smallest absolute Gasteiger partial charge is 0.395 e. The quantitative estimate of drug-likeness (QED) is 0.648. The van der Waals surface area contributed by atoms with E-state index in [9.17, 15) is 24.5 Å². The molecule has 0 radical (unpaired) electrons. The highest BCUT2D eigenvalue weighted by Gasteiger charge is 2.41. The van der Waals surface area contributed by atoms with Gasteiger partial charge in [-0.05, 0) is 18.9 Å². The van der Waals surface area contributed by atoms with Crippen molar-refractivity contribution >= 4 is 34.7 Å². The monoisotopic (exact) mass is 353 g/mol. The molecule has 10 heteroatoms. The van der Waals surface area contributed by atoms with E-state index >= 15 is 0 Å². The molecule has 1 saturated heterocycles. The molecule has 1 aliphatic heterocycles. The van der Waals surface area contributed by atoms with Crippen LogP contribution in [0, 0.1) is 10.1 Å². The molecule has 0 spiro atoms. The van der Waals surface area contributed by atoms with Gasteiger partial charge in [0.05, 0.1) is 23.9 Å². The molecule has 0 aromatic carbocycles. The molecule has 3 rings (SSSR count). The van der Waals surface area contributed by atoms with Crippen LogP contribution < -0.4 is 5.32 Å². The van der Waals surface area contributed by atoms with Crippen molar-refractivity contribution < 1.29 is 23.7 Å². The topological polar surface area (TPSA) is 123 Å². The minimum absolute atomic E-state index is 0.125. The predicted octanol–water partition coefficient (Wildman–Crippen LogP) is 1.92. The van der Waals surface area contributed by atoms with Crippen LogP contribution in [0.4, 0.5) is 10.7 Å². The number of carbonyl (C=O) groups excluding carboxylic acids is 3. The number of carbonyl (C=O) groups is 3. The van der Waals surface area contributed by atoms with Crippen molar-refractivity contribution in [3.05, 3.63) is 28.0 Å². The van der Waals surface area contributed by atoms with Gasteiger partial charge in [0.2, 0.25) is 5.91 Å². The van der Waals surface area contributed by atoms with E-state index in [0.29, 0.717) is 12.8 Å². The molecule has 1 aromatic heterocycles. The van der Waals surface area contributed by atoms with Gasteiger partial charge in [-0.15, -0.1) is 0 Å². The van der Waals surface area contributed by atoms with Crippen molar-refractivity contribution in [2.75, 3.05) is 5.75 Å². The normalized spacial score (nSPS) is 24.2. The van der Waals surface area contributed by atoms with Gasteiger partial charge in [0, 0.05) is 0 Å². The summed E-state index contributed by atoms with van der Waals surface area (Å²) in [5.41, 5.74) is 0. The van der Waals surface area contributed by atoms with E-state index in [2.05, 4.69) is 5.32 Å². The van der Waals surface area contributed by atoms with Gasteiger partial charge in [-0.1, -0.05) is 24.6 Å². The van der Waals surface area contributed by atoms with Crippen LogP contribution in [0.15, 0.2) is 16.5 Å². The molecule has 1 saturated carbocycles. The van der Waals surface area contributed by atoms with Gasteiger partial charge in [0.25, 0.3) is 11.1 Å². The second-order valence-electron chi connectivity index (χ2n) is 5.65. The molecule has 0 bridgehead atoms. The van der Waals surface area contributed by atoms with Gasteiger partial charge in [-0.3, -0.25) is 29.4 Å². The van der Waals surface area contributed by atoms with Crippen LogP contribution in [0.2, 0.25) is 0 Å². The van der Waals surface area contributed by atoms with Crippen LogP contribution in [0.1, 0.15) is 36.2 Å². The first kappa shape index (κ1) is 16.5. The SMILES string of the molecule is O=C(N[C@@H]1CCCC[C@@H]1N1C(=O)CSC1=O)c1ccc([N+](=O)[O-])o1. The molecule has 0 unspecified atom stereocenters. The average Bonchev–Trinajstić information content (AvgIpc) is 3.16. The maximum Gasteiger partial charge on any atom is 0.433 e. The first-order valence-electron chi connectivity index (χ1n) is 7.51. The molecule has 24 heavy (non-hydrogen) atoms. The molecule has 128 valence electrons. The Labute approximate surface area is 140 Å². The summed E-state index contributed by atoms with van der Waals surface area (Å²) in [4.78, 5) is 47.3. The van der Waals surface area contributed by atoms with Crippen LogP contribution in [-0.4, -0.2) is 44.7 Å². The van der Waals surface area contributed by atoms with E-state index < -0.39 is 16.7 Å². The van der Waals surface area contributed by atoms with E-state index in [0.717, 1.165) is 30.7 Å². The first-order chi connectivity index (χ1) is 11.5. The summed E-state index contributed by atoms with van der Waals surface area (Å²) in [5.74, 6) is -1.39. The lowest BCUT2D eigenvalue weighted by Gasteiger charge is -2.36. The van der Waals surface area contributed by atoms with Crippen LogP contribution in [0.3, 0.4) is 0 Å². The Morgan fingerprint density at radius 3 is 2.71 bits per heavy atom. The van der Waals surface area contributed by atoms with Crippen molar-refractivity contribution in [1.29, 1.82) is 0 Å². The second-order valence-corrected chi connectivity index (χ2v) is 6.57. The van der Waals surface area contributed by atoms with Crippen LogP contribution in [0.25, 0.3) is 0 Å². The number of amides is 3. The van der Waals surface area contributed by atoms with Gasteiger partial charge >= 0.3 is 5.88 Å². The van der Waals surface area contributed by atoms with Crippen molar-refractivity contribution in [3.63, 3.8) is 0 Å². The molecule has 1 aromatic rings. The lowest BCUT2D eigenvalue weighted by atomic mass is 9.89. The maximum atomic E-state index is 12.3. The highest BCUT2D eigenvalue weighted by molar-refractivity contribution is 8.14. The Kier molecular flexibility index (Phi) is 4.56. The Morgan fingerprint density at radius 1 is 1.33 bits per heavy atom. The number of rotatable bonds is 4. The van der Waals surface area contributed by atoms with Crippen molar-refractivity contribution in [2.45, 2.75) is 37.8 Å². The predicted molar refractivity (Wildman–Crippen MR) is 83.6 cm³/mol. The average molecular weight is 353 g/mol. The number of nitrogens with one attached hydrogen (secondary N) is 1. The number of nitro groups is 1. The van der Waals surface area contributed by atoms with Crippen LogP contribution in [0.5, 0.6) is 0 Å². The fourth-order valence-corrected chi connectivity index (χ4v) is 3.82. The van der Waals surface area contributed by atoms with E-state index in [1.54, 1.807) is 0 Å². The Hall–Kier alpha value is -2.36. The molecule has 2 atom stereocenters. The molecule has 9 nitrogen and oxygen atoms in total. The van der Waals surface area contributed by atoms with Gasteiger partial charge in [0.15, 0.2) is 5.76 Å². The second kappa shape index (κ2) is 6.63. The summed E-state index contributed by atoms with van der Waals surface area (Å²) in [6.07, 6.45) is 2.98. The number of nitrogens with zero attached hydrogens (tertiary/aromatic N) is 2. The Bertz CT molecular complexity index is 686. The lowest BCUT2D eigenvalue weighted by Crippen LogP contribution is -2.54. The molecule has 2 aliphatic rings. The number of imide groups is 1. The van der Waals surface area contributed by atoms with E-state index in [1.807, 2.05) is 0 Å². The van der Waals surface area contributed by atoms with Crippen LogP contribution in [-0.2, 0) is 4.79 Å². The zero-order valence-electron chi connectivity index (χ0n) is 12.6. The highest BCUT2D eigenvalue weighted by Crippen LogP contribution is 2.30. The summed E-state index contributed by atoms with van der Waals surface area (Å²) < 4.78 is 4.89. The summed E-state index contributed by atoms with van der Waals surface area (Å²) >= 11 is 0.962. The van der Waals surface area contributed by atoms with Gasteiger partial charge < -0.3 is 9.73 Å². The third kappa shape index (κ3) is 3.14. The van der Waals surface area contributed by atoms with Crippen molar-refractivity contribution in [1.82, 2.24) is 10.2 Å². The minimum Gasteiger partial charge on any atom is -0.395 e. The van der Waals surface area contributed by atoms with Crippen LogP contribution >= 0.6 is 11.8 Å². The fourth-order valence-electron chi connectivity index (χ4n) is 3.06. The summed E-state index contributed by atoms with van der Waals surface area (Å²) in [6.45, 7) is 0. The highest BCUT2D eigenvalue weighted by atomic mass is 32.2. The number of furan rings is 1.